The van der Waals surface area contributed by atoms with Crippen LogP contribution in [0.15, 0.2) is 41.1 Å². The number of ether oxygens (including phenoxy) is 1. The lowest BCUT2D eigenvalue weighted by Crippen LogP contribution is -2.05. The van der Waals surface area contributed by atoms with Gasteiger partial charge in [-0.15, -0.1) is 0 Å². The van der Waals surface area contributed by atoms with E-state index in [2.05, 4.69) is 48.1 Å². The van der Waals surface area contributed by atoms with Crippen molar-refractivity contribution in [1.29, 1.82) is 0 Å². The molecule has 1 unspecified atom stereocenters. The fourth-order valence-electron chi connectivity index (χ4n) is 1.75. The van der Waals surface area contributed by atoms with Gasteiger partial charge in [-0.05, 0) is 42.5 Å². The van der Waals surface area contributed by atoms with Crippen molar-refractivity contribution in [3.63, 3.8) is 0 Å². The third-order valence-electron chi connectivity index (χ3n) is 2.76. The van der Waals surface area contributed by atoms with Crippen LogP contribution in [-0.2, 0) is 0 Å². The summed E-state index contributed by atoms with van der Waals surface area (Å²) in [5, 5.41) is 7.67. The molecule has 0 aliphatic heterocycles. The van der Waals surface area contributed by atoms with E-state index in [-0.39, 0.29) is 0 Å². The first kappa shape index (κ1) is 13.0. The smallest absolute Gasteiger partial charge is 0.119 e. The van der Waals surface area contributed by atoms with Crippen molar-refractivity contribution in [3.05, 3.63) is 46.7 Å². The second-order valence-corrected chi connectivity index (χ2v) is 5.08. The van der Waals surface area contributed by atoms with Crippen molar-refractivity contribution in [2.24, 2.45) is 0 Å². The number of rotatable bonds is 6. The minimum atomic E-state index is 0.305. The molecule has 0 radical (unpaired) electrons. The Balaban J connectivity index is 1.96. The topological polar surface area (TPSA) is 21.3 Å². The van der Waals surface area contributed by atoms with Crippen molar-refractivity contribution in [2.75, 3.05) is 11.9 Å². The van der Waals surface area contributed by atoms with E-state index in [1.165, 1.54) is 11.3 Å². The molecule has 1 N–H and O–H groups in total. The van der Waals surface area contributed by atoms with Crippen LogP contribution in [0.5, 0.6) is 5.75 Å². The molecule has 2 aromatic rings. The SMILES string of the molecule is CCCOc1ccc(C(C)Nc2ccsc2)cc1. The number of thiophene rings is 1. The van der Waals surface area contributed by atoms with Crippen LogP contribution in [0.25, 0.3) is 0 Å². The van der Waals surface area contributed by atoms with Crippen LogP contribution in [0.2, 0.25) is 0 Å². The van der Waals surface area contributed by atoms with Gasteiger partial charge in [-0.25, -0.2) is 0 Å². The predicted octanol–water partition coefficient (Wildman–Crippen LogP) is 4.71. The van der Waals surface area contributed by atoms with Gasteiger partial charge in [0.1, 0.15) is 5.75 Å². The van der Waals surface area contributed by atoms with Gasteiger partial charge in [0.05, 0.1) is 6.61 Å². The summed E-state index contributed by atoms with van der Waals surface area (Å²) in [6.45, 7) is 5.06. The van der Waals surface area contributed by atoms with Gasteiger partial charge < -0.3 is 10.1 Å². The first-order valence-electron chi connectivity index (χ1n) is 6.31. The molecule has 18 heavy (non-hydrogen) atoms. The lowest BCUT2D eigenvalue weighted by Gasteiger charge is -2.15. The molecule has 96 valence electrons. The lowest BCUT2D eigenvalue weighted by atomic mass is 10.1. The molecule has 0 bridgehead atoms. The first-order chi connectivity index (χ1) is 8.79. The Morgan fingerprint density at radius 3 is 2.61 bits per heavy atom. The molecule has 0 aliphatic carbocycles. The highest BCUT2D eigenvalue weighted by Gasteiger charge is 2.05. The Kier molecular flexibility index (Phi) is 4.65. The zero-order chi connectivity index (χ0) is 12.8. The van der Waals surface area contributed by atoms with E-state index in [1.54, 1.807) is 11.3 Å². The van der Waals surface area contributed by atoms with Crippen molar-refractivity contribution in [1.82, 2.24) is 0 Å². The van der Waals surface area contributed by atoms with Crippen LogP contribution in [-0.4, -0.2) is 6.61 Å². The van der Waals surface area contributed by atoms with E-state index in [9.17, 15) is 0 Å². The number of benzene rings is 1. The van der Waals surface area contributed by atoms with Gasteiger partial charge in [-0.3, -0.25) is 0 Å². The molecule has 0 fully saturated rings. The molecule has 3 heteroatoms. The molecule has 0 saturated carbocycles. The van der Waals surface area contributed by atoms with Crippen LogP contribution < -0.4 is 10.1 Å². The predicted molar refractivity (Wildman–Crippen MR) is 78.6 cm³/mol. The quantitative estimate of drug-likeness (QED) is 0.813. The Morgan fingerprint density at radius 1 is 1.22 bits per heavy atom. The summed E-state index contributed by atoms with van der Waals surface area (Å²) in [4.78, 5) is 0. The maximum Gasteiger partial charge on any atom is 0.119 e. The highest BCUT2D eigenvalue weighted by atomic mass is 32.1. The Morgan fingerprint density at radius 2 is 2.00 bits per heavy atom. The molecule has 1 aromatic carbocycles. The standard InChI is InChI=1S/C15H19NOS/c1-3-9-17-15-6-4-13(5-7-15)12(2)16-14-8-10-18-11-14/h4-8,10-12,16H,3,9H2,1-2H3. The summed E-state index contributed by atoms with van der Waals surface area (Å²) in [6.07, 6.45) is 1.04. The lowest BCUT2D eigenvalue weighted by molar-refractivity contribution is 0.317. The van der Waals surface area contributed by atoms with Gasteiger partial charge in [0.25, 0.3) is 0 Å². The molecule has 0 amide bonds. The highest BCUT2D eigenvalue weighted by molar-refractivity contribution is 7.08. The summed E-state index contributed by atoms with van der Waals surface area (Å²) >= 11 is 1.71. The van der Waals surface area contributed by atoms with Crippen molar-refractivity contribution >= 4 is 17.0 Å². The van der Waals surface area contributed by atoms with Gasteiger partial charge >= 0.3 is 0 Å². The van der Waals surface area contributed by atoms with E-state index in [1.807, 2.05) is 12.1 Å². The third-order valence-corrected chi connectivity index (χ3v) is 3.44. The molecule has 0 saturated heterocycles. The van der Waals surface area contributed by atoms with Crippen LogP contribution in [0.4, 0.5) is 5.69 Å². The highest BCUT2D eigenvalue weighted by Crippen LogP contribution is 2.22. The maximum atomic E-state index is 5.58. The van der Waals surface area contributed by atoms with E-state index < -0.39 is 0 Å². The zero-order valence-electron chi connectivity index (χ0n) is 10.8. The number of hydrogen-bond acceptors (Lipinski definition) is 3. The number of nitrogens with one attached hydrogen (secondary N) is 1. The third kappa shape index (κ3) is 3.50. The van der Waals surface area contributed by atoms with Gasteiger partial charge in [-0.2, -0.15) is 11.3 Å². The van der Waals surface area contributed by atoms with Crippen LogP contribution in [0.3, 0.4) is 0 Å². The minimum absolute atomic E-state index is 0.305. The van der Waals surface area contributed by atoms with Crippen molar-refractivity contribution in [2.45, 2.75) is 26.3 Å². The molecule has 2 nitrogen and oxygen atoms in total. The molecule has 1 atom stereocenters. The van der Waals surface area contributed by atoms with Crippen molar-refractivity contribution in [3.8, 4) is 5.75 Å². The second-order valence-electron chi connectivity index (χ2n) is 4.30. The Bertz CT molecular complexity index is 450. The summed E-state index contributed by atoms with van der Waals surface area (Å²) in [7, 11) is 0. The fraction of sp³-hybridized carbons (Fsp3) is 0.333. The molecular weight excluding hydrogens is 242 g/mol. The van der Waals surface area contributed by atoms with Gasteiger partial charge in [0.15, 0.2) is 0 Å². The van der Waals surface area contributed by atoms with Crippen LogP contribution >= 0.6 is 11.3 Å². The average molecular weight is 261 g/mol. The van der Waals surface area contributed by atoms with E-state index in [4.69, 9.17) is 4.74 Å². The molecule has 2 rings (SSSR count). The number of hydrogen-bond donors (Lipinski definition) is 1. The van der Waals surface area contributed by atoms with Gasteiger partial charge in [0, 0.05) is 17.1 Å². The molecule has 1 heterocycles. The van der Waals surface area contributed by atoms with E-state index in [0.717, 1.165) is 18.8 Å². The van der Waals surface area contributed by atoms with E-state index in [0.29, 0.717) is 6.04 Å². The summed E-state index contributed by atoms with van der Waals surface area (Å²) in [5.41, 5.74) is 2.45. The molecule has 0 spiro atoms. The second kappa shape index (κ2) is 6.45. The van der Waals surface area contributed by atoms with Crippen LogP contribution in [0.1, 0.15) is 31.9 Å². The molecule has 1 aromatic heterocycles. The maximum absolute atomic E-state index is 5.58. The summed E-state index contributed by atoms with van der Waals surface area (Å²) < 4.78 is 5.58. The largest absolute Gasteiger partial charge is 0.494 e. The summed E-state index contributed by atoms with van der Waals surface area (Å²) in [5.74, 6) is 0.948. The van der Waals surface area contributed by atoms with Crippen molar-refractivity contribution < 1.29 is 4.74 Å². The monoisotopic (exact) mass is 261 g/mol. The first-order valence-corrected chi connectivity index (χ1v) is 7.25. The summed E-state index contributed by atoms with van der Waals surface area (Å²) in [6, 6.07) is 10.7. The van der Waals surface area contributed by atoms with Crippen LogP contribution in [0, 0.1) is 0 Å². The Labute approximate surface area is 113 Å². The normalized spacial score (nSPS) is 12.1. The number of anilines is 1. The molecular formula is C15H19NOS. The zero-order valence-corrected chi connectivity index (χ0v) is 11.7. The fourth-order valence-corrected chi connectivity index (χ4v) is 2.35. The molecule has 0 aliphatic rings. The van der Waals surface area contributed by atoms with E-state index >= 15 is 0 Å². The average Bonchev–Trinajstić information content (AvgIpc) is 2.89. The van der Waals surface area contributed by atoms with Gasteiger partial charge in [0.2, 0.25) is 0 Å². The minimum Gasteiger partial charge on any atom is -0.494 e. The van der Waals surface area contributed by atoms with Gasteiger partial charge in [-0.1, -0.05) is 19.1 Å². The Hall–Kier alpha value is -1.48.